The van der Waals surface area contributed by atoms with Gasteiger partial charge in [0.05, 0.1) is 0 Å². The van der Waals surface area contributed by atoms with Gasteiger partial charge in [-0.2, -0.15) is 0 Å². The number of aromatic hydroxyl groups is 1. The Labute approximate surface area is 104 Å². The molecule has 0 aliphatic heterocycles. The Hall–Kier alpha value is -1.02. The fourth-order valence-electron chi connectivity index (χ4n) is 2.32. The van der Waals surface area contributed by atoms with Crippen molar-refractivity contribution in [2.24, 2.45) is 11.8 Å². The molecular weight excluding hydrogens is 210 g/mol. The first-order valence-electron chi connectivity index (χ1n) is 6.61. The zero-order valence-electron chi connectivity index (χ0n) is 11.0. The van der Waals surface area contributed by atoms with Crippen LogP contribution in [0.3, 0.4) is 0 Å². The van der Waals surface area contributed by atoms with Crippen molar-refractivity contribution in [3.63, 3.8) is 0 Å². The molecule has 17 heavy (non-hydrogen) atoms. The molecule has 1 aliphatic rings. The van der Waals surface area contributed by atoms with E-state index in [0.29, 0.717) is 5.75 Å². The van der Waals surface area contributed by atoms with Gasteiger partial charge in [0, 0.05) is 11.6 Å². The Kier molecular flexibility index (Phi) is 3.72. The minimum absolute atomic E-state index is 0.219. The van der Waals surface area contributed by atoms with E-state index in [1.54, 1.807) is 0 Å². The van der Waals surface area contributed by atoms with E-state index in [-0.39, 0.29) is 6.04 Å². The van der Waals surface area contributed by atoms with Crippen LogP contribution in [-0.2, 0) is 0 Å². The van der Waals surface area contributed by atoms with E-state index < -0.39 is 0 Å². The van der Waals surface area contributed by atoms with Crippen molar-refractivity contribution in [3.8, 4) is 5.75 Å². The Morgan fingerprint density at radius 1 is 1.35 bits per heavy atom. The van der Waals surface area contributed by atoms with E-state index in [2.05, 4.69) is 25.2 Å². The number of rotatable bonds is 5. The standard InChI is InChI=1S/C15H23NO/c1-10-4-7-14(15(17)8-10)12(3)16-9-11(2)13-5-6-13/h4,7-8,11-13,16-17H,5-6,9H2,1-3H3. The number of hydrogen-bond acceptors (Lipinski definition) is 2. The van der Waals surface area contributed by atoms with Crippen LogP contribution in [0.15, 0.2) is 18.2 Å². The van der Waals surface area contributed by atoms with Gasteiger partial charge in [-0.25, -0.2) is 0 Å². The molecule has 0 aromatic heterocycles. The summed E-state index contributed by atoms with van der Waals surface area (Å²) in [6, 6.07) is 6.12. The number of hydrogen-bond donors (Lipinski definition) is 2. The van der Waals surface area contributed by atoms with Gasteiger partial charge >= 0.3 is 0 Å². The van der Waals surface area contributed by atoms with E-state index >= 15 is 0 Å². The summed E-state index contributed by atoms with van der Waals surface area (Å²) in [5.74, 6) is 2.09. The summed E-state index contributed by atoms with van der Waals surface area (Å²) in [7, 11) is 0. The summed E-state index contributed by atoms with van der Waals surface area (Å²) in [6.07, 6.45) is 2.79. The van der Waals surface area contributed by atoms with Crippen LogP contribution in [0.5, 0.6) is 5.75 Å². The molecule has 2 rings (SSSR count). The SMILES string of the molecule is Cc1ccc(C(C)NCC(C)C2CC2)c(O)c1. The zero-order valence-corrected chi connectivity index (χ0v) is 11.0. The molecule has 94 valence electrons. The predicted octanol–water partition coefficient (Wildman–Crippen LogP) is 3.40. The average Bonchev–Trinajstić information content (AvgIpc) is 3.09. The lowest BCUT2D eigenvalue weighted by molar-refractivity contribution is 0.415. The van der Waals surface area contributed by atoms with Gasteiger partial charge in [-0.05, 0) is 56.7 Å². The molecule has 2 atom stereocenters. The molecule has 1 aromatic carbocycles. The van der Waals surface area contributed by atoms with Crippen molar-refractivity contribution in [1.29, 1.82) is 0 Å². The zero-order chi connectivity index (χ0) is 12.4. The molecule has 0 spiro atoms. The Bertz CT molecular complexity index is 385. The van der Waals surface area contributed by atoms with Crippen molar-refractivity contribution >= 4 is 0 Å². The first kappa shape index (κ1) is 12.4. The Balaban J connectivity index is 1.91. The van der Waals surface area contributed by atoms with E-state index in [1.165, 1.54) is 12.8 Å². The lowest BCUT2D eigenvalue weighted by atomic mass is 10.0. The van der Waals surface area contributed by atoms with Crippen LogP contribution in [0.1, 0.15) is 43.9 Å². The van der Waals surface area contributed by atoms with Gasteiger partial charge in [0.25, 0.3) is 0 Å². The fraction of sp³-hybridized carbons (Fsp3) is 0.600. The van der Waals surface area contributed by atoms with Crippen LogP contribution in [-0.4, -0.2) is 11.7 Å². The third-order valence-electron chi connectivity index (χ3n) is 3.83. The molecule has 0 radical (unpaired) electrons. The van der Waals surface area contributed by atoms with E-state index in [9.17, 15) is 5.11 Å². The molecule has 0 bridgehead atoms. The smallest absolute Gasteiger partial charge is 0.120 e. The number of benzene rings is 1. The van der Waals surface area contributed by atoms with Gasteiger partial charge in [0.15, 0.2) is 0 Å². The maximum atomic E-state index is 9.91. The number of aryl methyl sites for hydroxylation is 1. The van der Waals surface area contributed by atoms with Crippen molar-refractivity contribution < 1.29 is 5.11 Å². The highest BCUT2D eigenvalue weighted by atomic mass is 16.3. The largest absolute Gasteiger partial charge is 0.508 e. The van der Waals surface area contributed by atoms with Gasteiger partial charge in [-0.1, -0.05) is 19.1 Å². The monoisotopic (exact) mass is 233 g/mol. The summed E-state index contributed by atoms with van der Waals surface area (Å²) in [5.41, 5.74) is 2.10. The molecule has 2 unspecified atom stereocenters. The molecule has 1 fully saturated rings. The Morgan fingerprint density at radius 2 is 2.06 bits per heavy atom. The van der Waals surface area contributed by atoms with Crippen molar-refractivity contribution in [1.82, 2.24) is 5.32 Å². The van der Waals surface area contributed by atoms with Gasteiger partial charge in [-0.3, -0.25) is 0 Å². The maximum absolute atomic E-state index is 9.91. The summed E-state index contributed by atoms with van der Waals surface area (Å²) in [5, 5.41) is 13.4. The van der Waals surface area contributed by atoms with Crippen molar-refractivity contribution in [2.45, 2.75) is 39.7 Å². The first-order valence-corrected chi connectivity index (χ1v) is 6.61. The van der Waals surface area contributed by atoms with Gasteiger partial charge in [0.1, 0.15) is 5.75 Å². The van der Waals surface area contributed by atoms with Gasteiger partial charge in [-0.15, -0.1) is 0 Å². The third-order valence-corrected chi connectivity index (χ3v) is 3.83. The second-order valence-electron chi connectivity index (χ2n) is 5.51. The number of nitrogens with one attached hydrogen (secondary N) is 1. The van der Waals surface area contributed by atoms with Crippen molar-refractivity contribution in [3.05, 3.63) is 29.3 Å². The minimum Gasteiger partial charge on any atom is -0.508 e. The topological polar surface area (TPSA) is 32.3 Å². The van der Waals surface area contributed by atoms with E-state index in [1.807, 2.05) is 19.1 Å². The molecule has 0 amide bonds. The van der Waals surface area contributed by atoms with E-state index in [0.717, 1.165) is 29.5 Å². The van der Waals surface area contributed by atoms with Crippen LogP contribution < -0.4 is 5.32 Å². The minimum atomic E-state index is 0.219. The second kappa shape index (κ2) is 5.09. The average molecular weight is 233 g/mol. The summed E-state index contributed by atoms with van der Waals surface area (Å²) in [6.45, 7) is 7.46. The van der Waals surface area contributed by atoms with Crippen LogP contribution in [0.2, 0.25) is 0 Å². The Morgan fingerprint density at radius 3 is 2.65 bits per heavy atom. The van der Waals surface area contributed by atoms with E-state index in [4.69, 9.17) is 0 Å². The lowest BCUT2D eigenvalue weighted by Gasteiger charge is -2.19. The fourth-order valence-corrected chi connectivity index (χ4v) is 2.32. The van der Waals surface area contributed by atoms with Crippen LogP contribution >= 0.6 is 0 Å². The highest BCUT2D eigenvalue weighted by molar-refractivity contribution is 5.37. The number of phenolic OH excluding ortho intramolecular Hbond substituents is 1. The number of phenols is 1. The highest BCUT2D eigenvalue weighted by Crippen LogP contribution is 2.36. The highest BCUT2D eigenvalue weighted by Gasteiger charge is 2.27. The molecule has 1 aromatic rings. The van der Waals surface area contributed by atoms with Crippen LogP contribution in [0.4, 0.5) is 0 Å². The van der Waals surface area contributed by atoms with Gasteiger partial charge in [0.2, 0.25) is 0 Å². The molecule has 1 aliphatic carbocycles. The molecule has 2 heteroatoms. The van der Waals surface area contributed by atoms with Crippen molar-refractivity contribution in [2.75, 3.05) is 6.54 Å². The first-order chi connectivity index (χ1) is 8.08. The lowest BCUT2D eigenvalue weighted by Crippen LogP contribution is -2.25. The normalized spacial score (nSPS) is 19.0. The molecule has 2 nitrogen and oxygen atoms in total. The molecular formula is C15H23NO. The summed E-state index contributed by atoms with van der Waals surface area (Å²) < 4.78 is 0. The molecule has 0 heterocycles. The van der Waals surface area contributed by atoms with Gasteiger partial charge < -0.3 is 10.4 Å². The van der Waals surface area contributed by atoms with Crippen LogP contribution in [0, 0.1) is 18.8 Å². The van der Waals surface area contributed by atoms with Crippen LogP contribution in [0.25, 0.3) is 0 Å². The molecule has 0 saturated heterocycles. The second-order valence-corrected chi connectivity index (χ2v) is 5.51. The quantitative estimate of drug-likeness (QED) is 0.817. The maximum Gasteiger partial charge on any atom is 0.120 e. The third kappa shape index (κ3) is 3.22. The summed E-state index contributed by atoms with van der Waals surface area (Å²) in [4.78, 5) is 0. The predicted molar refractivity (Wildman–Crippen MR) is 71.1 cm³/mol. The summed E-state index contributed by atoms with van der Waals surface area (Å²) >= 11 is 0. The molecule has 1 saturated carbocycles. The molecule has 2 N–H and O–H groups in total.